The first kappa shape index (κ1) is 19.1. The lowest BCUT2D eigenvalue weighted by molar-refractivity contribution is 0.0210. The summed E-state index contributed by atoms with van der Waals surface area (Å²) < 4.78 is 13.2. The SMILES string of the molecule is Fc1ccc(CN2[C@@H]3CCC[C@H]2CC(NC(=S)NC2CCCCC2)C3)cc1. The fourth-order valence-corrected chi connectivity index (χ4v) is 5.65. The van der Waals surface area contributed by atoms with Crippen molar-refractivity contribution in [2.24, 2.45) is 0 Å². The molecule has 1 aromatic carbocycles. The molecule has 1 aromatic rings. The topological polar surface area (TPSA) is 27.3 Å². The number of nitrogens with zero attached hydrogens (tertiary/aromatic N) is 1. The molecule has 0 radical (unpaired) electrons. The van der Waals surface area contributed by atoms with Gasteiger partial charge < -0.3 is 10.6 Å². The Morgan fingerprint density at radius 3 is 2.19 bits per heavy atom. The average Bonchev–Trinajstić information content (AvgIpc) is 2.65. The molecule has 27 heavy (non-hydrogen) atoms. The first-order chi connectivity index (χ1) is 13.2. The van der Waals surface area contributed by atoms with Crippen molar-refractivity contribution < 1.29 is 4.39 Å². The van der Waals surface area contributed by atoms with Crippen LogP contribution in [0.5, 0.6) is 0 Å². The van der Waals surface area contributed by atoms with Crippen LogP contribution in [0.25, 0.3) is 0 Å². The van der Waals surface area contributed by atoms with Gasteiger partial charge >= 0.3 is 0 Å². The fourth-order valence-electron chi connectivity index (χ4n) is 5.31. The maximum atomic E-state index is 13.2. The summed E-state index contributed by atoms with van der Waals surface area (Å²) in [6.45, 7) is 0.938. The third-order valence-electron chi connectivity index (χ3n) is 6.68. The first-order valence-electron chi connectivity index (χ1n) is 10.7. The highest BCUT2D eigenvalue weighted by Gasteiger charge is 2.38. The van der Waals surface area contributed by atoms with Crippen LogP contribution in [0.4, 0.5) is 4.39 Å². The van der Waals surface area contributed by atoms with Crippen LogP contribution < -0.4 is 10.6 Å². The Hall–Kier alpha value is -1.20. The van der Waals surface area contributed by atoms with E-state index in [0.29, 0.717) is 24.2 Å². The Balaban J connectivity index is 1.32. The summed E-state index contributed by atoms with van der Waals surface area (Å²) in [6, 6.07) is 9.28. The van der Waals surface area contributed by atoms with Crippen molar-refractivity contribution >= 4 is 17.3 Å². The fraction of sp³-hybridized carbons (Fsp3) is 0.682. The molecule has 1 unspecified atom stereocenters. The van der Waals surface area contributed by atoms with E-state index in [9.17, 15) is 4.39 Å². The molecule has 0 aromatic heterocycles. The molecule has 2 aliphatic heterocycles. The summed E-state index contributed by atoms with van der Waals surface area (Å²) >= 11 is 5.62. The summed E-state index contributed by atoms with van der Waals surface area (Å²) in [5.74, 6) is -0.152. The molecule has 2 heterocycles. The minimum absolute atomic E-state index is 0.152. The average molecular weight is 390 g/mol. The van der Waals surface area contributed by atoms with Crippen LogP contribution in [0.15, 0.2) is 24.3 Å². The molecule has 3 nitrogen and oxygen atoms in total. The molecule has 0 amide bonds. The maximum Gasteiger partial charge on any atom is 0.166 e. The molecular formula is C22H32FN3S. The highest BCUT2D eigenvalue weighted by molar-refractivity contribution is 7.80. The van der Waals surface area contributed by atoms with Crippen LogP contribution in [0.2, 0.25) is 0 Å². The van der Waals surface area contributed by atoms with Crippen LogP contribution in [0.1, 0.15) is 69.8 Å². The zero-order chi connectivity index (χ0) is 18.6. The van der Waals surface area contributed by atoms with Gasteiger partial charge in [-0.25, -0.2) is 4.39 Å². The zero-order valence-electron chi connectivity index (χ0n) is 16.1. The van der Waals surface area contributed by atoms with Crippen molar-refractivity contribution in [3.8, 4) is 0 Å². The van der Waals surface area contributed by atoms with Gasteiger partial charge in [0.15, 0.2) is 5.11 Å². The van der Waals surface area contributed by atoms with Crippen LogP contribution in [0, 0.1) is 5.82 Å². The number of thiocarbonyl (C=S) groups is 1. The lowest BCUT2D eigenvalue weighted by atomic mass is 9.81. The Kier molecular flexibility index (Phi) is 6.28. The van der Waals surface area contributed by atoms with E-state index in [2.05, 4.69) is 15.5 Å². The molecule has 5 heteroatoms. The predicted molar refractivity (Wildman–Crippen MR) is 112 cm³/mol. The molecule has 4 rings (SSSR count). The summed E-state index contributed by atoms with van der Waals surface area (Å²) in [7, 11) is 0. The maximum absolute atomic E-state index is 13.2. The van der Waals surface area contributed by atoms with E-state index in [-0.39, 0.29) is 5.82 Å². The summed E-state index contributed by atoms with van der Waals surface area (Å²) in [5, 5.41) is 8.05. The summed E-state index contributed by atoms with van der Waals surface area (Å²) in [5.41, 5.74) is 1.22. The molecule has 2 N–H and O–H groups in total. The monoisotopic (exact) mass is 389 g/mol. The smallest absolute Gasteiger partial charge is 0.166 e. The van der Waals surface area contributed by atoms with Gasteiger partial charge in [0.25, 0.3) is 0 Å². The number of fused-ring (bicyclic) bond motifs is 2. The Labute approximate surface area is 168 Å². The zero-order valence-corrected chi connectivity index (χ0v) is 16.9. The van der Waals surface area contributed by atoms with Gasteiger partial charge in [0.2, 0.25) is 0 Å². The second kappa shape index (κ2) is 8.87. The van der Waals surface area contributed by atoms with Crippen LogP contribution in [-0.4, -0.2) is 34.2 Å². The van der Waals surface area contributed by atoms with Gasteiger partial charge in [-0.2, -0.15) is 0 Å². The van der Waals surface area contributed by atoms with Crippen LogP contribution in [0.3, 0.4) is 0 Å². The summed E-state index contributed by atoms with van der Waals surface area (Å²) in [4.78, 5) is 2.66. The van der Waals surface area contributed by atoms with Crippen molar-refractivity contribution in [3.63, 3.8) is 0 Å². The van der Waals surface area contributed by atoms with Crippen molar-refractivity contribution in [1.82, 2.24) is 15.5 Å². The molecule has 1 saturated carbocycles. The van der Waals surface area contributed by atoms with E-state index in [1.54, 1.807) is 12.1 Å². The number of halogens is 1. The molecule has 2 bridgehead atoms. The predicted octanol–water partition coefficient (Wildman–Crippen LogP) is 4.51. The summed E-state index contributed by atoms with van der Waals surface area (Å²) in [6.07, 6.45) is 12.7. The lowest BCUT2D eigenvalue weighted by Gasteiger charge is -2.49. The van der Waals surface area contributed by atoms with Gasteiger partial charge in [0.05, 0.1) is 0 Å². The molecule has 3 aliphatic rings. The second-order valence-corrected chi connectivity index (χ2v) is 9.07. The van der Waals surface area contributed by atoms with Crippen LogP contribution >= 0.6 is 12.2 Å². The second-order valence-electron chi connectivity index (χ2n) is 8.66. The highest BCUT2D eigenvalue weighted by atomic mass is 32.1. The van der Waals surface area contributed by atoms with E-state index < -0.39 is 0 Å². The molecule has 148 valence electrons. The number of hydrogen-bond donors (Lipinski definition) is 2. The quantitative estimate of drug-likeness (QED) is 0.741. The van der Waals surface area contributed by atoms with Gasteiger partial charge in [0, 0.05) is 30.7 Å². The van der Waals surface area contributed by atoms with Crippen molar-refractivity contribution in [1.29, 1.82) is 0 Å². The van der Waals surface area contributed by atoms with Crippen LogP contribution in [-0.2, 0) is 6.54 Å². The first-order valence-corrected chi connectivity index (χ1v) is 11.2. The van der Waals surface area contributed by atoms with Gasteiger partial charge in [0.1, 0.15) is 5.82 Å². The molecule has 3 atom stereocenters. The number of hydrogen-bond acceptors (Lipinski definition) is 2. The van der Waals surface area contributed by atoms with Gasteiger partial charge in [-0.05, 0) is 68.4 Å². The van der Waals surface area contributed by atoms with Gasteiger partial charge in [-0.15, -0.1) is 0 Å². The van der Waals surface area contributed by atoms with E-state index >= 15 is 0 Å². The number of piperidine rings is 2. The number of nitrogens with one attached hydrogen (secondary N) is 2. The number of benzene rings is 1. The number of rotatable bonds is 4. The largest absolute Gasteiger partial charge is 0.360 e. The Morgan fingerprint density at radius 2 is 1.52 bits per heavy atom. The van der Waals surface area contributed by atoms with E-state index in [1.165, 1.54) is 56.9 Å². The normalized spacial score (nSPS) is 29.3. The molecule has 3 fully saturated rings. The molecule has 2 saturated heterocycles. The van der Waals surface area contributed by atoms with Crippen molar-refractivity contribution in [3.05, 3.63) is 35.6 Å². The third-order valence-corrected chi connectivity index (χ3v) is 6.92. The highest BCUT2D eigenvalue weighted by Crippen LogP contribution is 2.35. The van der Waals surface area contributed by atoms with Gasteiger partial charge in [-0.3, -0.25) is 4.90 Å². The van der Waals surface area contributed by atoms with Gasteiger partial charge in [-0.1, -0.05) is 37.8 Å². The van der Waals surface area contributed by atoms with E-state index in [0.717, 1.165) is 24.5 Å². The minimum Gasteiger partial charge on any atom is -0.360 e. The van der Waals surface area contributed by atoms with Crippen molar-refractivity contribution in [2.75, 3.05) is 0 Å². The lowest BCUT2D eigenvalue weighted by Crippen LogP contribution is -2.58. The standard InChI is InChI=1S/C22H32FN3S/c23-17-11-9-16(10-12-17)15-26-20-7-4-8-21(26)14-19(13-20)25-22(27)24-18-5-2-1-3-6-18/h9-12,18-21H,1-8,13-15H2,(H2,24,25,27)/t19?,20-,21+. The molecular weight excluding hydrogens is 357 g/mol. The van der Waals surface area contributed by atoms with E-state index in [1.807, 2.05) is 12.1 Å². The minimum atomic E-state index is -0.152. The Morgan fingerprint density at radius 1 is 0.889 bits per heavy atom. The van der Waals surface area contributed by atoms with Crippen molar-refractivity contribution in [2.45, 2.75) is 94.9 Å². The molecule has 1 aliphatic carbocycles. The Bertz CT molecular complexity index is 615. The molecule has 0 spiro atoms. The third kappa shape index (κ3) is 5.00. The van der Waals surface area contributed by atoms with E-state index in [4.69, 9.17) is 12.2 Å².